The maximum absolute atomic E-state index is 11.9. The summed E-state index contributed by atoms with van der Waals surface area (Å²) in [4.78, 5) is 16.0. The Morgan fingerprint density at radius 2 is 1.96 bits per heavy atom. The molecule has 0 spiro atoms. The number of ether oxygens (including phenoxy) is 1. The molecule has 2 aromatic rings. The van der Waals surface area contributed by atoms with Crippen LogP contribution < -0.4 is 20.7 Å². The quantitative estimate of drug-likeness (QED) is 0.501. The van der Waals surface area contributed by atoms with Crippen molar-refractivity contribution in [1.29, 1.82) is 0 Å². The van der Waals surface area contributed by atoms with E-state index in [0.29, 0.717) is 31.4 Å². The summed E-state index contributed by atoms with van der Waals surface area (Å²) in [6.07, 6.45) is 1.58. The second-order valence-electron chi connectivity index (χ2n) is 5.18. The van der Waals surface area contributed by atoms with Gasteiger partial charge < -0.3 is 25.1 Å². The summed E-state index contributed by atoms with van der Waals surface area (Å²) in [6, 6.07) is 11.4. The summed E-state index contributed by atoms with van der Waals surface area (Å²) in [5, 5.41) is 8.91. The van der Waals surface area contributed by atoms with Gasteiger partial charge in [-0.15, -0.1) is 0 Å². The average Bonchev–Trinajstić information content (AvgIpc) is 3.15. The Balaban J connectivity index is 1.76. The monoisotopic (exact) mass is 344 g/mol. The Morgan fingerprint density at radius 3 is 2.68 bits per heavy atom. The maximum Gasteiger partial charge on any atom is 0.239 e. The summed E-state index contributed by atoms with van der Waals surface area (Å²) in [5.41, 5.74) is 1.02. The molecule has 1 amide bonds. The number of carbonyl (C=O) groups is 1. The van der Waals surface area contributed by atoms with Gasteiger partial charge in [-0.25, -0.2) is 0 Å². The molecule has 1 heterocycles. The Hall–Kier alpha value is -2.96. The molecule has 7 heteroatoms. The van der Waals surface area contributed by atoms with E-state index in [9.17, 15) is 4.79 Å². The first kappa shape index (κ1) is 18.4. The van der Waals surface area contributed by atoms with Crippen molar-refractivity contribution in [2.24, 2.45) is 4.99 Å². The fraction of sp³-hybridized carbons (Fsp3) is 0.333. The van der Waals surface area contributed by atoms with E-state index in [1.165, 1.54) is 0 Å². The number of amides is 1. The summed E-state index contributed by atoms with van der Waals surface area (Å²) in [5.74, 6) is 1.95. The van der Waals surface area contributed by atoms with Gasteiger partial charge >= 0.3 is 0 Å². The molecule has 0 radical (unpaired) electrons. The van der Waals surface area contributed by atoms with Crippen LogP contribution in [0.1, 0.15) is 18.2 Å². The number of hydrogen-bond donors (Lipinski definition) is 3. The second-order valence-corrected chi connectivity index (χ2v) is 5.18. The van der Waals surface area contributed by atoms with Crippen molar-refractivity contribution in [2.45, 2.75) is 20.0 Å². The number of nitrogens with one attached hydrogen (secondary N) is 3. The third-order valence-corrected chi connectivity index (χ3v) is 3.40. The zero-order chi connectivity index (χ0) is 17.9. The van der Waals surface area contributed by atoms with Crippen LogP contribution in [0.25, 0.3) is 0 Å². The lowest BCUT2D eigenvalue weighted by Gasteiger charge is -2.14. The van der Waals surface area contributed by atoms with Gasteiger partial charge in [0, 0.05) is 19.2 Å². The van der Waals surface area contributed by atoms with Gasteiger partial charge in [0.1, 0.15) is 11.5 Å². The standard InChI is InChI=1S/C18H24N4O3/c1-3-24-16-9-5-4-7-14(16)11-21-18(19-2)22-13-17(23)20-12-15-8-6-10-25-15/h4-10H,3,11-13H2,1-2H3,(H,20,23)(H2,19,21,22). The van der Waals surface area contributed by atoms with Crippen molar-refractivity contribution in [2.75, 3.05) is 20.2 Å². The van der Waals surface area contributed by atoms with Gasteiger partial charge in [0.2, 0.25) is 5.91 Å². The van der Waals surface area contributed by atoms with Crippen molar-refractivity contribution in [3.05, 3.63) is 54.0 Å². The van der Waals surface area contributed by atoms with Crippen LogP contribution in [0.5, 0.6) is 5.75 Å². The highest BCUT2D eigenvalue weighted by Gasteiger charge is 2.06. The smallest absolute Gasteiger partial charge is 0.239 e. The van der Waals surface area contributed by atoms with Crippen molar-refractivity contribution in [3.8, 4) is 5.75 Å². The third-order valence-electron chi connectivity index (χ3n) is 3.40. The number of aliphatic imine (C=N–C) groups is 1. The van der Waals surface area contributed by atoms with Gasteiger partial charge in [0.15, 0.2) is 5.96 Å². The van der Waals surface area contributed by atoms with E-state index in [1.807, 2.05) is 37.3 Å². The topological polar surface area (TPSA) is 87.9 Å². The van der Waals surface area contributed by atoms with Crippen LogP contribution in [0.2, 0.25) is 0 Å². The fourth-order valence-corrected chi connectivity index (χ4v) is 2.17. The van der Waals surface area contributed by atoms with Crippen LogP contribution in [0.15, 0.2) is 52.1 Å². The molecule has 0 aliphatic heterocycles. The first-order chi connectivity index (χ1) is 12.2. The molecule has 0 saturated carbocycles. The molecular formula is C18H24N4O3. The lowest BCUT2D eigenvalue weighted by atomic mass is 10.2. The van der Waals surface area contributed by atoms with Crippen LogP contribution in [0, 0.1) is 0 Å². The number of benzene rings is 1. The third kappa shape index (κ3) is 6.21. The minimum atomic E-state index is -0.144. The van der Waals surface area contributed by atoms with Crippen molar-refractivity contribution in [1.82, 2.24) is 16.0 Å². The molecule has 0 bridgehead atoms. The largest absolute Gasteiger partial charge is 0.494 e. The van der Waals surface area contributed by atoms with Gasteiger partial charge in [-0.2, -0.15) is 0 Å². The molecule has 0 atom stereocenters. The normalized spacial score (nSPS) is 11.0. The van der Waals surface area contributed by atoms with Crippen LogP contribution in [0.4, 0.5) is 0 Å². The number of rotatable bonds is 8. The maximum atomic E-state index is 11.9. The molecule has 0 aliphatic rings. The van der Waals surface area contributed by atoms with Crippen LogP contribution in [0.3, 0.4) is 0 Å². The van der Waals surface area contributed by atoms with Crippen LogP contribution in [-0.2, 0) is 17.9 Å². The summed E-state index contributed by atoms with van der Waals surface area (Å²) in [6.45, 7) is 3.59. The highest BCUT2D eigenvalue weighted by atomic mass is 16.5. The van der Waals surface area contributed by atoms with E-state index < -0.39 is 0 Å². The van der Waals surface area contributed by atoms with E-state index in [0.717, 1.165) is 11.3 Å². The molecule has 3 N–H and O–H groups in total. The van der Waals surface area contributed by atoms with Crippen molar-refractivity contribution in [3.63, 3.8) is 0 Å². The Kier molecular flexibility index (Phi) is 7.37. The van der Waals surface area contributed by atoms with Gasteiger partial charge in [-0.1, -0.05) is 18.2 Å². The van der Waals surface area contributed by atoms with E-state index in [2.05, 4.69) is 20.9 Å². The van der Waals surface area contributed by atoms with Gasteiger partial charge in [0.05, 0.1) is 26.0 Å². The molecule has 0 aliphatic carbocycles. The molecule has 0 saturated heterocycles. The zero-order valence-electron chi connectivity index (χ0n) is 14.5. The fourth-order valence-electron chi connectivity index (χ4n) is 2.17. The Labute approximate surface area is 147 Å². The molecule has 2 rings (SSSR count). The predicted octanol–water partition coefficient (Wildman–Crippen LogP) is 1.66. The highest BCUT2D eigenvalue weighted by Crippen LogP contribution is 2.17. The zero-order valence-corrected chi connectivity index (χ0v) is 14.5. The summed E-state index contributed by atoms with van der Waals surface area (Å²) in [7, 11) is 1.66. The van der Waals surface area contributed by atoms with E-state index in [1.54, 1.807) is 19.4 Å². The predicted molar refractivity (Wildman–Crippen MR) is 96.4 cm³/mol. The van der Waals surface area contributed by atoms with E-state index in [4.69, 9.17) is 9.15 Å². The van der Waals surface area contributed by atoms with Crippen molar-refractivity contribution >= 4 is 11.9 Å². The number of carbonyl (C=O) groups excluding carboxylic acids is 1. The number of furan rings is 1. The first-order valence-corrected chi connectivity index (χ1v) is 8.17. The summed E-state index contributed by atoms with van der Waals surface area (Å²) < 4.78 is 10.8. The molecular weight excluding hydrogens is 320 g/mol. The molecule has 1 aromatic carbocycles. The SMILES string of the molecule is CCOc1ccccc1CNC(=NC)NCC(=O)NCc1ccco1. The minimum absolute atomic E-state index is 0.119. The highest BCUT2D eigenvalue weighted by molar-refractivity contribution is 5.86. The number of nitrogens with zero attached hydrogens (tertiary/aromatic N) is 1. The van der Waals surface area contributed by atoms with Gasteiger partial charge in [-0.3, -0.25) is 9.79 Å². The lowest BCUT2D eigenvalue weighted by molar-refractivity contribution is -0.120. The molecule has 134 valence electrons. The van der Waals surface area contributed by atoms with Gasteiger partial charge in [-0.05, 0) is 25.1 Å². The summed E-state index contributed by atoms with van der Waals surface area (Å²) >= 11 is 0. The molecule has 1 aromatic heterocycles. The van der Waals surface area contributed by atoms with Crippen LogP contribution >= 0.6 is 0 Å². The van der Waals surface area contributed by atoms with Crippen LogP contribution in [-0.4, -0.2) is 32.1 Å². The number of guanidine groups is 1. The Morgan fingerprint density at radius 1 is 1.12 bits per heavy atom. The minimum Gasteiger partial charge on any atom is -0.494 e. The molecule has 0 unspecified atom stereocenters. The van der Waals surface area contributed by atoms with Gasteiger partial charge in [0.25, 0.3) is 0 Å². The van der Waals surface area contributed by atoms with Crippen molar-refractivity contribution < 1.29 is 13.9 Å². The Bertz CT molecular complexity index is 683. The number of hydrogen-bond acceptors (Lipinski definition) is 4. The molecule has 0 fully saturated rings. The van der Waals surface area contributed by atoms with E-state index in [-0.39, 0.29) is 12.5 Å². The number of para-hydroxylation sites is 1. The average molecular weight is 344 g/mol. The molecule has 25 heavy (non-hydrogen) atoms. The first-order valence-electron chi connectivity index (χ1n) is 8.17. The van der Waals surface area contributed by atoms with E-state index >= 15 is 0 Å². The molecule has 7 nitrogen and oxygen atoms in total. The lowest BCUT2D eigenvalue weighted by Crippen LogP contribution is -2.42. The second kappa shape index (κ2) is 10.0.